The first kappa shape index (κ1) is 15.3. The van der Waals surface area contributed by atoms with Crippen molar-refractivity contribution in [1.29, 1.82) is 0 Å². The van der Waals surface area contributed by atoms with Crippen LogP contribution in [0.25, 0.3) is 0 Å². The van der Waals surface area contributed by atoms with Crippen LogP contribution in [-0.2, 0) is 0 Å². The van der Waals surface area contributed by atoms with E-state index in [2.05, 4.69) is 37.9 Å². The molecule has 20 heavy (non-hydrogen) atoms. The molecule has 1 aromatic rings. The molecule has 2 nitrogen and oxygen atoms in total. The molecular weight excluding hydrogens is 251 g/mol. The molecule has 1 heterocycles. The van der Waals surface area contributed by atoms with Gasteiger partial charge in [-0.1, -0.05) is 33.8 Å². The van der Waals surface area contributed by atoms with Gasteiger partial charge < -0.3 is 10.2 Å². The van der Waals surface area contributed by atoms with Gasteiger partial charge in [0, 0.05) is 25.2 Å². The first-order chi connectivity index (χ1) is 9.40. The van der Waals surface area contributed by atoms with Gasteiger partial charge in [0.1, 0.15) is 5.82 Å². The predicted octanol–water partition coefficient (Wildman–Crippen LogP) is 3.59. The van der Waals surface area contributed by atoms with Crippen LogP contribution in [0.1, 0.15) is 33.3 Å². The Hall–Kier alpha value is -1.09. The van der Waals surface area contributed by atoms with Crippen molar-refractivity contribution in [2.45, 2.75) is 46.7 Å². The van der Waals surface area contributed by atoms with Crippen molar-refractivity contribution in [2.24, 2.45) is 11.8 Å². The highest BCUT2D eigenvalue weighted by Crippen LogP contribution is 2.28. The van der Waals surface area contributed by atoms with Crippen LogP contribution in [0.2, 0.25) is 0 Å². The molecule has 0 aliphatic carbocycles. The topological polar surface area (TPSA) is 15.3 Å². The number of anilines is 1. The third-order valence-electron chi connectivity index (χ3n) is 4.37. The number of benzene rings is 1. The van der Waals surface area contributed by atoms with Crippen molar-refractivity contribution in [3.05, 3.63) is 29.6 Å². The summed E-state index contributed by atoms with van der Waals surface area (Å²) in [4.78, 5) is 2.26. The molecule has 0 amide bonds. The lowest BCUT2D eigenvalue weighted by atomic mass is 9.93. The largest absolute Gasteiger partial charge is 0.363 e. The maximum atomic E-state index is 14.3. The molecule has 0 spiro atoms. The van der Waals surface area contributed by atoms with Crippen molar-refractivity contribution in [1.82, 2.24) is 5.32 Å². The molecule has 0 radical (unpaired) electrons. The molecule has 3 heteroatoms. The fourth-order valence-corrected chi connectivity index (χ4v) is 2.96. The zero-order valence-corrected chi connectivity index (χ0v) is 13.3. The summed E-state index contributed by atoms with van der Waals surface area (Å²) in [6.07, 6.45) is 0. The summed E-state index contributed by atoms with van der Waals surface area (Å²) >= 11 is 0. The van der Waals surface area contributed by atoms with E-state index in [0.29, 0.717) is 23.9 Å². The van der Waals surface area contributed by atoms with Crippen LogP contribution < -0.4 is 10.2 Å². The minimum atomic E-state index is -0.0972. The molecule has 2 rings (SSSR count). The summed E-state index contributed by atoms with van der Waals surface area (Å²) < 4.78 is 14.3. The van der Waals surface area contributed by atoms with E-state index in [1.807, 2.05) is 19.1 Å². The number of aryl methyl sites for hydroxylation is 1. The monoisotopic (exact) mass is 278 g/mol. The average Bonchev–Trinajstić information content (AvgIpc) is 2.37. The second-order valence-electron chi connectivity index (χ2n) is 6.68. The molecule has 1 N–H and O–H groups in total. The summed E-state index contributed by atoms with van der Waals surface area (Å²) in [5.74, 6) is 0.954. The third kappa shape index (κ3) is 3.14. The first-order valence-corrected chi connectivity index (χ1v) is 7.66. The van der Waals surface area contributed by atoms with Crippen LogP contribution >= 0.6 is 0 Å². The number of hydrogen-bond donors (Lipinski definition) is 1. The lowest BCUT2D eigenvalue weighted by molar-refractivity contribution is 0.293. The van der Waals surface area contributed by atoms with Gasteiger partial charge in [-0.2, -0.15) is 0 Å². The van der Waals surface area contributed by atoms with E-state index < -0.39 is 0 Å². The lowest BCUT2D eigenvalue weighted by Crippen LogP contribution is -2.60. The van der Waals surface area contributed by atoms with Crippen molar-refractivity contribution < 1.29 is 4.39 Å². The van der Waals surface area contributed by atoms with Gasteiger partial charge in [-0.05, 0) is 36.5 Å². The average molecular weight is 278 g/mol. The molecule has 2 atom stereocenters. The van der Waals surface area contributed by atoms with Crippen LogP contribution in [0.4, 0.5) is 10.1 Å². The van der Waals surface area contributed by atoms with Crippen LogP contribution in [-0.4, -0.2) is 25.2 Å². The maximum Gasteiger partial charge on any atom is 0.146 e. The zero-order valence-electron chi connectivity index (χ0n) is 13.3. The van der Waals surface area contributed by atoms with E-state index >= 15 is 0 Å². The van der Waals surface area contributed by atoms with Gasteiger partial charge >= 0.3 is 0 Å². The lowest BCUT2D eigenvalue weighted by Gasteiger charge is -2.45. The molecule has 112 valence electrons. The number of hydrogen-bond acceptors (Lipinski definition) is 2. The van der Waals surface area contributed by atoms with Gasteiger partial charge in [-0.25, -0.2) is 4.39 Å². The fourth-order valence-electron chi connectivity index (χ4n) is 2.96. The van der Waals surface area contributed by atoms with Crippen molar-refractivity contribution in [3.63, 3.8) is 0 Å². The summed E-state index contributed by atoms with van der Waals surface area (Å²) in [7, 11) is 0. The summed E-state index contributed by atoms with van der Waals surface area (Å²) in [5, 5.41) is 3.62. The number of piperazine rings is 1. The van der Waals surface area contributed by atoms with Gasteiger partial charge in [-0.3, -0.25) is 0 Å². The van der Waals surface area contributed by atoms with E-state index in [1.165, 1.54) is 0 Å². The highest BCUT2D eigenvalue weighted by atomic mass is 19.1. The molecule has 1 aliphatic rings. The van der Waals surface area contributed by atoms with Crippen LogP contribution in [0, 0.1) is 24.6 Å². The van der Waals surface area contributed by atoms with Gasteiger partial charge in [-0.15, -0.1) is 0 Å². The Balaban J connectivity index is 2.31. The van der Waals surface area contributed by atoms with E-state index in [9.17, 15) is 4.39 Å². The van der Waals surface area contributed by atoms with E-state index in [0.717, 1.165) is 24.3 Å². The van der Waals surface area contributed by atoms with Crippen LogP contribution in [0.3, 0.4) is 0 Å². The number of nitrogens with one attached hydrogen (secondary N) is 1. The molecule has 0 bridgehead atoms. The minimum Gasteiger partial charge on any atom is -0.363 e. The summed E-state index contributed by atoms with van der Waals surface area (Å²) in [6.45, 7) is 12.6. The fraction of sp³-hybridized carbons (Fsp3) is 0.647. The predicted molar refractivity (Wildman–Crippen MR) is 83.7 cm³/mol. The minimum absolute atomic E-state index is 0.0972. The van der Waals surface area contributed by atoms with Crippen molar-refractivity contribution >= 4 is 5.69 Å². The van der Waals surface area contributed by atoms with E-state index in [4.69, 9.17) is 0 Å². The highest BCUT2D eigenvalue weighted by molar-refractivity contribution is 5.51. The smallest absolute Gasteiger partial charge is 0.146 e. The molecule has 1 aliphatic heterocycles. The standard InChI is InChI=1S/C17H27FN2/c1-11(2)15-10-20(17(9-19-15)12(3)4)16-7-6-13(5)8-14(16)18/h6-8,11-12,15,17,19H,9-10H2,1-5H3. The van der Waals surface area contributed by atoms with Crippen LogP contribution in [0.5, 0.6) is 0 Å². The molecule has 0 saturated carbocycles. The van der Waals surface area contributed by atoms with Gasteiger partial charge in [0.2, 0.25) is 0 Å². The van der Waals surface area contributed by atoms with E-state index in [-0.39, 0.29) is 5.82 Å². The van der Waals surface area contributed by atoms with Crippen molar-refractivity contribution in [2.75, 3.05) is 18.0 Å². The normalized spacial score (nSPS) is 23.7. The molecule has 1 fully saturated rings. The zero-order chi connectivity index (χ0) is 14.9. The van der Waals surface area contributed by atoms with Gasteiger partial charge in [0.15, 0.2) is 0 Å². The Morgan fingerprint density at radius 1 is 1.20 bits per heavy atom. The SMILES string of the molecule is Cc1ccc(N2CC(C(C)C)NCC2C(C)C)c(F)c1. The molecule has 1 aromatic carbocycles. The summed E-state index contributed by atoms with van der Waals surface area (Å²) in [6, 6.07) is 6.34. The Morgan fingerprint density at radius 2 is 1.90 bits per heavy atom. The first-order valence-electron chi connectivity index (χ1n) is 7.66. The molecular formula is C17H27FN2. The summed E-state index contributed by atoms with van der Waals surface area (Å²) in [5.41, 5.74) is 1.73. The Bertz CT molecular complexity index is 456. The Morgan fingerprint density at radius 3 is 2.45 bits per heavy atom. The van der Waals surface area contributed by atoms with Gasteiger partial charge in [0.25, 0.3) is 0 Å². The molecule has 2 unspecified atom stereocenters. The number of halogens is 1. The third-order valence-corrected chi connectivity index (χ3v) is 4.37. The molecule has 0 aromatic heterocycles. The van der Waals surface area contributed by atoms with E-state index in [1.54, 1.807) is 6.07 Å². The van der Waals surface area contributed by atoms with Gasteiger partial charge in [0.05, 0.1) is 5.69 Å². The Kier molecular flexibility index (Phi) is 4.69. The Labute approximate surface area is 122 Å². The molecule has 1 saturated heterocycles. The number of rotatable bonds is 3. The van der Waals surface area contributed by atoms with Crippen molar-refractivity contribution in [3.8, 4) is 0 Å². The maximum absolute atomic E-state index is 14.3. The van der Waals surface area contributed by atoms with Crippen LogP contribution in [0.15, 0.2) is 18.2 Å². The highest BCUT2D eigenvalue weighted by Gasteiger charge is 2.32. The quantitative estimate of drug-likeness (QED) is 0.909. The second-order valence-corrected chi connectivity index (χ2v) is 6.68. The number of nitrogens with zero attached hydrogens (tertiary/aromatic N) is 1. The second kappa shape index (κ2) is 6.13.